The van der Waals surface area contributed by atoms with Crippen LogP contribution in [0.2, 0.25) is 5.02 Å². The zero-order valence-electron chi connectivity index (χ0n) is 15.8. The van der Waals surface area contributed by atoms with Gasteiger partial charge < -0.3 is 10.2 Å². The number of aryl methyl sites for hydroxylation is 1. The largest absolute Gasteiger partial charge is 0.366 e. The lowest BCUT2D eigenvalue weighted by atomic mass is 10.1. The number of carbonyl (C=O) groups is 2. The molecule has 3 rings (SSSR count). The average Bonchev–Trinajstić information content (AvgIpc) is 2.67. The molecule has 0 bridgehead atoms. The Morgan fingerprint density at radius 2 is 1.79 bits per heavy atom. The fraction of sp³-hybridized carbons (Fsp3) is 0.368. The van der Waals surface area contributed by atoms with E-state index in [1.807, 2.05) is 9.80 Å². The fourth-order valence-electron chi connectivity index (χ4n) is 3.06. The molecule has 1 N–H and O–H groups in total. The number of piperazine rings is 1. The minimum Gasteiger partial charge on any atom is -0.366 e. The van der Waals surface area contributed by atoms with Gasteiger partial charge in [-0.15, -0.1) is 0 Å². The van der Waals surface area contributed by atoms with Crippen LogP contribution in [0.15, 0.2) is 35.3 Å². The molecule has 0 saturated carbocycles. The van der Waals surface area contributed by atoms with E-state index in [1.165, 1.54) is 11.6 Å². The summed E-state index contributed by atoms with van der Waals surface area (Å²) >= 11 is 6.16. The Bertz CT molecular complexity index is 934. The maximum absolute atomic E-state index is 12.3. The Morgan fingerprint density at radius 3 is 2.39 bits per heavy atom. The number of nitrogens with zero attached hydrogens (tertiary/aromatic N) is 4. The zero-order valence-corrected chi connectivity index (χ0v) is 16.6. The number of ketones is 1. The summed E-state index contributed by atoms with van der Waals surface area (Å²) in [4.78, 5) is 39.6. The van der Waals surface area contributed by atoms with Crippen LogP contribution in [0.1, 0.15) is 17.3 Å². The number of halogens is 1. The van der Waals surface area contributed by atoms with E-state index >= 15 is 0 Å². The Labute approximate surface area is 167 Å². The highest BCUT2D eigenvalue weighted by atomic mass is 35.5. The van der Waals surface area contributed by atoms with Gasteiger partial charge in [0.2, 0.25) is 5.91 Å². The van der Waals surface area contributed by atoms with E-state index in [0.29, 0.717) is 43.1 Å². The third kappa shape index (κ3) is 4.58. The van der Waals surface area contributed by atoms with E-state index in [0.717, 1.165) is 0 Å². The van der Waals surface area contributed by atoms with Gasteiger partial charge in [-0.2, -0.15) is 5.10 Å². The van der Waals surface area contributed by atoms with Crippen LogP contribution in [0.5, 0.6) is 0 Å². The van der Waals surface area contributed by atoms with Crippen molar-refractivity contribution in [2.75, 3.05) is 42.9 Å². The molecule has 1 saturated heterocycles. The first-order valence-electron chi connectivity index (χ1n) is 8.95. The van der Waals surface area contributed by atoms with Crippen molar-refractivity contribution in [2.45, 2.75) is 6.92 Å². The summed E-state index contributed by atoms with van der Waals surface area (Å²) in [5.74, 6) is -0.125. The predicted molar refractivity (Wildman–Crippen MR) is 108 cm³/mol. The molecule has 1 aliphatic rings. The Balaban J connectivity index is 1.52. The summed E-state index contributed by atoms with van der Waals surface area (Å²) in [6.45, 7) is 4.41. The summed E-state index contributed by atoms with van der Waals surface area (Å²) in [5, 5.41) is 7.03. The second-order valence-electron chi connectivity index (χ2n) is 6.72. The Kier molecular flexibility index (Phi) is 6.11. The average molecular weight is 404 g/mol. The third-order valence-corrected chi connectivity index (χ3v) is 5.07. The number of Topliss-reactive ketones (excluding diaryl/α,β-unsaturated/α-hetero) is 1. The van der Waals surface area contributed by atoms with E-state index < -0.39 is 0 Å². The van der Waals surface area contributed by atoms with E-state index in [2.05, 4.69) is 10.4 Å². The number of anilines is 2. The number of hydrogen-bond acceptors (Lipinski definition) is 6. The first-order valence-corrected chi connectivity index (χ1v) is 9.33. The molecule has 0 atom stereocenters. The molecule has 0 spiro atoms. The van der Waals surface area contributed by atoms with Crippen LogP contribution in [0.3, 0.4) is 0 Å². The number of nitrogens with one attached hydrogen (secondary N) is 1. The van der Waals surface area contributed by atoms with Gasteiger partial charge in [0, 0.05) is 44.5 Å². The summed E-state index contributed by atoms with van der Waals surface area (Å²) in [6, 6.07) is 6.83. The van der Waals surface area contributed by atoms with Crippen LogP contribution in [0.25, 0.3) is 0 Å². The lowest BCUT2D eigenvalue weighted by Crippen LogP contribution is -2.49. The lowest BCUT2D eigenvalue weighted by Gasteiger charge is -2.35. The van der Waals surface area contributed by atoms with Crippen LogP contribution in [-0.4, -0.2) is 59.1 Å². The van der Waals surface area contributed by atoms with Crippen molar-refractivity contribution >= 4 is 34.7 Å². The summed E-state index contributed by atoms with van der Waals surface area (Å²) < 4.78 is 1.20. The highest BCUT2D eigenvalue weighted by molar-refractivity contribution is 6.33. The predicted octanol–water partition coefficient (Wildman–Crippen LogP) is 1.40. The van der Waals surface area contributed by atoms with E-state index in [1.54, 1.807) is 37.5 Å². The fourth-order valence-corrected chi connectivity index (χ4v) is 3.35. The SMILES string of the molecule is CC(=O)c1ccc(NC(=O)CN2CCN(c3cnn(C)c(=O)c3Cl)CC2)cc1. The van der Waals surface area contributed by atoms with E-state index in [9.17, 15) is 14.4 Å². The highest BCUT2D eigenvalue weighted by Crippen LogP contribution is 2.22. The van der Waals surface area contributed by atoms with Gasteiger partial charge in [-0.05, 0) is 31.2 Å². The second-order valence-corrected chi connectivity index (χ2v) is 7.10. The molecule has 2 aromatic rings. The van der Waals surface area contributed by atoms with Gasteiger partial charge in [-0.3, -0.25) is 19.3 Å². The molecule has 0 unspecified atom stereocenters. The van der Waals surface area contributed by atoms with Gasteiger partial charge in [-0.1, -0.05) is 11.6 Å². The van der Waals surface area contributed by atoms with Crippen molar-refractivity contribution in [3.8, 4) is 0 Å². The van der Waals surface area contributed by atoms with Gasteiger partial charge in [0.15, 0.2) is 5.78 Å². The number of rotatable bonds is 5. The number of aromatic nitrogens is 2. The van der Waals surface area contributed by atoms with E-state index in [4.69, 9.17) is 11.6 Å². The number of benzene rings is 1. The molecule has 28 heavy (non-hydrogen) atoms. The molecule has 1 aromatic heterocycles. The van der Waals surface area contributed by atoms with Crippen molar-refractivity contribution in [2.24, 2.45) is 7.05 Å². The molecule has 148 valence electrons. The first-order chi connectivity index (χ1) is 13.3. The maximum atomic E-state index is 12.3. The number of carbonyl (C=O) groups excluding carboxylic acids is 2. The maximum Gasteiger partial charge on any atom is 0.287 e. The molecule has 1 amide bonds. The van der Waals surface area contributed by atoms with Crippen molar-refractivity contribution < 1.29 is 9.59 Å². The molecule has 0 aliphatic carbocycles. The smallest absolute Gasteiger partial charge is 0.287 e. The molecular weight excluding hydrogens is 382 g/mol. The van der Waals surface area contributed by atoms with Gasteiger partial charge >= 0.3 is 0 Å². The monoisotopic (exact) mass is 403 g/mol. The standard InChI is InChI=1S/C19H22ClN5O3/c1-13(26)14-3-5-15(6-4-14)22-17(27)12-24-7-9-25(10-8-24)16-11-21-23(2)19(28)18(16)20/h3-6,11H,7-10,12H2,1-2H3,(H,22,27). The van der Waals surface area contributed by atoms with Gasteiger partial charge in [-0.25, -0.2) is 4.68 Å². The second kappa shape index (κ2) is 8.53. The Hall–Kier alpha value is -2.71. The van der Waals surface area contributed by atoms with Crippen LogP contribution < -0.4 is 15.8 Å². The zero-order chi connectivity index (χ0) is 20.3. The van der Waals surface area contributed by atoms with Crippen molar-refractivity contribution in [3.05, 3.63) is 51.4 Å². The van der Waals surface area contributed by atoms with Crippen molar-refractivity contribution in [1.82, 2.24) is 14.7 Å². The summed E-state index contributed by atoms with van der Waals surface area (Å²) in [6.07, 6.45) is 1.59. The normalized spacial score (nSPS) is 14.8. The van der Waals surface area contributed by atoms with Crippen LogP contribution in [0, 0.1) is 0 Å². The molecule has 1 aromatic carbocycles. The minimum atomic E-state index is -0.322. The number of hydrogen-bond donors (Lipinski definition) is 1. The molecule has 0 radical (unpaired) electrons. The van der Waals surface area contributed by atoms with Crippen LogP contribution in [0.4, 0.5) is 11.4 Å². The minimum absolute atomic E-state index is 0.0117. The molecule has 1 aliphatic heterocycles. The quantitative estimate of drug-likeness (QED) is 0.759. The topological polar surface area (TPSA) is 87.5 Å². The van der Waals surface area contributed by atoms with Gasteiger partial charge in [0.05, 0.1) is 18.4 Å². The van der Waals surface area contributed by atoms with Crippen molar-refractivity contribution in [1.29, 1.82) is 0 Å². The van der Waals surface area contributed by atoms with E-state index in [-0.39, 0.29) is 28.8 Å². The molecule has 8 nitrogen and oxygen atoms in total. The summed E-state index contributed by atoms with van der Waals surface area (Å²) in [7, 11) is 1.56. The molecular formula is C19H22ClN5O3. The first kappa shape index (κ1) is 20.0. The third-order valence-electron chi connectivity index (χ3n) is 4.72. The van der Waals surface area contributed by atoms with Crippen LogP contribution in [-0.2, 0) is 11.8 Å². The summed E-state index contributed by atoms with van der Waals surface area (Å²) in [5.41, 5.74) is 1.57. The lowest BCUT2D eigenvalue weighted by molar-refractivity contribution is -0.117. The molecule has 1 fully saturated rings. The highest BCUT2D eigenvalue weighted by Gasteiger charge is 2.22. The van der Waals surface area contributed by atoms with Crippen LogP contribution >= 0.6 is 11.6 Å². The molecule has 9 heteroatoms. The van der Waals surface area contributed by atoms with Gasteiger partial charge in [0.1, 0.15) is 5.02 Å². The number of amides is 1. The Morgan fingerprint density at radius 1 is 1.14 bits per heavy atom. The van der Waals surface area contributed by atoms with Gasteiger partial charge in [0.25, 0.3) is 5.56 Å². The van der Waals surface area contributed by atoms with Crippen molar-refractivity contribution in [3.63, 3.8) is 0 Å². The molecule has 2 heterocycles.